The van der Waals surface area contributed by atoms with Gasteiger partial charge in [0.2, 0.25) is 0 Å². The number of aldehydes is 1. The maximum atomic E-state index is 11.7. The van der Waals surface area contributed by atoms with Gasteiger partial charge in [-0.1, -0.05) is 0 Å². The number of rotatable bonds is 2. The highest BCUT2D eigenvalue weighted by molar-refractivity contribution is 5.94. The molecular formula is C13H14O5. The van der Waals surface area contributed by atoms with Crippen molar-refractivity contribution in [2.75, 3.05) is 0 Å². The largest absolute Gasteiger partial charge is 0.393 e. The van der Waals surface area contributed by atoms with Crippen molar-refractivity contribution >= 4 is 24.0 Å². The zero-order chi connectivity index (χ0) is 13.0. The third-order valence-corrected chi connectivity index (χ3v) is 4.87. The lowest BCUT2D eigenvalue weighted by Crippen LogP contribution is -2.33. The monoisotopic (exact) mass is 250 g/mol. The predicted molar refractivity (Wildman–Crippen MR) is 58.0 cm³/mol. The SMILES string of the molecule is CC(=O)C1CC(C=O)C2C3CC(C(=O)OC3=O)C12. The van der Waals surface area contributed by atoms with Crippen LogP contribution in [0.25, 0.3) is 0 Å². The Morgan fingerprint density at radius 1 is 1.17 bits per heavy atom. The van der Waals surface area contributed by atoms with Crippen LogP contribution < -0.4 is 0 Å². The van der Waals surface area contributed by atoms with Crippen molar-refractivity contribution in [3.63, 3.8) is 0 Å². The Bertz CT molecular complexity index is 450. The average Bonchev–Trinajstić information content (AvgIpc) is 2.82. The number of ketones is 1. The summed E-state index contributed by atoms with van der Waals surface area (Å²) in [6.07, 6.45) is 1.75. The topological polar surface area (TPSA) is 77.5 Å². The molecule has 0 aromatic carbocycles. The van der Waals surface area contributed by atoms with Crippen LogP contribution in [0.2, 0.25) is 0 Å². The van der Waals surface area contributed by atoms with Gasteiger partial charge in [0, 0.05) is 11.8 Å². The summed E-state index contributed by atoms with van der Waals surface area (Å²) < 4.78 is 4.73. The quantitative estimate of drug-likeness (QED) is 0.402. The molecule has 3 aliphatic rings. The van der Waals surface area contributed by atoms with Gasteiger partial charge in [0.05, 0.1) is 11.8 Å². The Balaban J connectivity index is 2.03. The molecule has 0 aromatic heterocycles. The molecular weight excluding hydrogens is 236 g/mol. The fourth-order valence-electron chi connectivity index (χ4n) is 4.20. The lowest BCUT2D eigenvalue weighted by molar-refractivity contribution is -0.169. The maximum absolute atomic E-state index is 11.7. The molecule has 2 bridgehead atoms. The summed E-state index contributed by atoms with van der Waals surface area (Å²) in [6, 6.07) is 0. The second-order valence-electron chi connectivity index (χ2n) is 5.60. The van der Waals surface area contributed by atoms with Crippen LogP contribution in [0.1, 0.15) is 19.8 Å². The number of ether oxygens (including phenoxy) is 1. The van der Waals surface area contributed by atoms with Crippen molar-refractivity contribution in [1.82, 2.24) is 0 Å². The van der Waals surface area contributed by atoms with Crippen LogP contribution >= 0.6 is 0 Å². The molecule has 1 aliphatic heterocycles. The van der Waals surface area contributed by atoms with Gasteiger partial charge < -0.3 is 9.53 Å². The zero-order valence-electron chi connectivity index (χ0n) is 10.00. The summed E-state index contributed by atoms with van der Waals surface area (Å²) in [5, 5.41) is 0. The van der Waals surface area contributed by atoms with E-state index in [2.05, 4.69) is 0 Å². The summed E-state index contributed by atoms with van der Waals surface area (Å²) in [7, 11) is 0. The van der Waals surface area contributed by atoms with Crippen LogP contribution in [0.15, 0.2) is 0 Å². The molecule has 6 atom stereocenters. The number of hydrogen-bond donors (Lipinski definition) is 0. The third kappa shape index (κ3) is 1.33. The van der Waals surface area contributed by atoms with Gasteiger partial charge in [-0.3, -0.25) is 14.4 Å². The molecule has 5 heteroatoms. The van der Waals surface area contributed by atoms with Crippen molar-refractivity contribution < 1.29 is 23.9 Å². The first-order valence-electron chi connectivity index (χ1n) is 6.26. The Hall–Kier alpha value is -1.52. The van der Waals surface area contributed by atoms with E-state index in [0.29, 0.717) is 12.8 Å². The molecule has 1 heterocycles. The fourth-order valence-corrected chi connectivity index (χ4v) is 4.20. The van der Waals surface area contributed by atoms with Crippen molar-refractivity contribution in [2.24, 2.45) is 35.5 Å². The van der Waals surface area contributed by atoms with E-state index < -0.39 is 11.9 Å². The van der Waals surface area contributed by atoms with E-state index >= 15 is 0 Å². The highest BCUT2D eigenvalue weighted by atomic mass is 16.6. The van der Waals surface area contributed by atoms with Gasteiger partial charge in [-0.25, -0.2) is 0 Å². The average molecular weight is 250 g/mol. The number of esters is 2. The number of carbonyl (C=O) groups excluding carboxylic acids is 4. The number of Topliss-reactive ketones (excluding diaryl/α,β-unsaturated/α-hetero) is 1. The first-order chi connectivity index (χ1) is 8.54. The van der Waals surface area contributed by atoms with E-state index in [0.717, 1.165) is 6.29 Å². The Morgan fingerprint density at radius 3 is 2.33 bits per heavy atom. The van der Waals surface area contributed by atoms with Crippen LogP contribution in [0.3, 0.4) is 0 Å². The van der Waals surface area contributed by atoms with E-state index in [-0.39, 0.29) is 41.3 Å². The number of cyclic esters (lactones) is 2. The Kier molecular flexibility index (Phi) is 2.40. The van der Waals surface area contributed by atoms with Crippen LogP contribution in [0.4, 0.5) is 0 Å². The lowest BCUT2D eigenvalue weighted by atomic mass is 9.82. The van der Waals surface area contributed by atoms with E-state index in [1.165, 1.54) is 6.92 Å². The molecule has 0 aromatic rings. The third-order valence-electron chi connectivity index (χ3n) is 4.87. The fraction of sp³-hybridized carbons (Fsp3) is 0.692. The first-order valence-corrected chi connectivity index (χ1v) is 6.26. The second-order valence-corrected chi connectivity index (χ2v) is 5.60. The van der Waals surface area contributed by atoms with E-state index in [1.54, 1.807) is 0 Å². The van der Waals surface area contributed by atoms with E-state index in [9.17, 15) is 19.2 Å². The second kappa shape index (κ2) is 3.73. The molecule has 3 fully saturated rings. The Labute approximate surface area is 104 Å². The van der Waals surface area contributed by atoms with Crippen molar-refractivity contribution in [1.29, 1.82) is 0 Å². The molecule has 1 saturated heterocycles. The molecule has 2 saturated carbocycles. The standard InChI is InChI=1S/C13H14O5/c1-5(15)7-2-6(4-14)10-8-3-9(11(7)10)13(17)18-12(8)16/h4,6-11H,2-3H2,1H3. The Morgan fingerprint density at radius 2 is 1.78 bits per heavy atom. The van der Waals surface area contributed by atoms with E-state index in [1.807, 2.05) is 0 Å². The summed E-state index contributed by atoms with van der Waals surface area (Å²) in [4.78, 5) is 46.2. The van der Waals surface area contributed by atoms with Gasteiger partial charge in [0.1, 0.15) is 12.1 Å². The van der Waals surface area contributed by atoms with Crippen LogP contribution in [-0.4, -0.2) is 24.0 Å². The minimum atomic E-state index is -0.514. The highest BCUT2D eigenvalue weighted by Crippen LogP contribution is 2.58. The summed E-state index contributed by atoms with van der Waals surface area (Å²) in [5.41, 5.74) is 0. The lowest BCUT2D eigenvalue weighted by Gasteiger charge is -2.22. The summed E-state index contributed by atoms with van der Waals surface area (Å²) in [5.74, 6) is -2.71. The maximum Gasteiger partial charge on any atom is 0.316 e. The van der Waals surface area contributed by atoms with E-state index in [4.69, 9.17) is 4.74 Å². The molecule has 3 rings (SSSR count). The minimum Gasteiger partial charge on any atom is -0.393 e. The van der Waals surface area contributed by atoms with Crippen LogP contribution in [0, 0.1) is 35.5 Å². The molecule has 2 aliphatic carbocycles. The van der Waals surface area contributed by atoms with Gasteiger partial charge in [-0.05, 0) is 31.6 Å². The van der Waals surface area contributed by atoms with Gasteiger partial charge >= 0.3 is 11.9 Å². The molecule has 96 valence electrons. The van der Waals surface area contributed by atoms with Crippen LogP contribution in [0.5, 0.6) is 0 Å². The molecule has 0 radical (unpaired) electrons. The molecule has 0 spiro atoms. The normalized spacial score (nSPS) is 45.6. The van der Waals surface area contributed by atoms with Crippen molar-refractivity contribution in [2.45, 2.75) is 19.8 Å². The summed E-state index contributed by atoms with van der Waals surface area (Å²) >= 11 is 0. The van der Waals surface area contributed by atoms with Crippen molar-refractivity contribution in [3.05, 3.63) is 0 Å². The van der Waals surface area contributed by atoms with Crippen molar-refractivity contribution in [3.8, 4) is 0 Å². The molecule has 5 nitrogen and oxygen atoms in total. The molecule has 18 heavy (non-hydrogen) atoms. The van der Waals surface area contributed by atoms with Gasteiger partial charge in [-0.2, -0.15) is 0 Å². The smallest absolute Gasteiger partial charge is 0.316 e. The van der Waals surface area contributed by atoms with Gasteiger partial charge in [0.25, 0.3) is 0 Å². The molecule has 0 amide bonds. The number of carbonyl (C=O) groups is 4. The number of fused-ring (bicyclic) bond motifs is 5. The van der Waals surface area contributed by atoms with Gasteiger partial charge in [0.15, 0.2) is 0 Å². The van der Waals surface area contributed by atoms with Crippen LogP contribution in [-0.2, 0) is 23.9 Å². The minimum absolute atomic E-state index is 0.00199. The first kappa shape index (κ1) is 11.6. The highest BCUT2D eigenvalue weighted by Gasteiger charge is 2.63. The zero-order valence-corrected chi connectivity index (χ0v) is 10.00. The summed E-state index contributed by atoms with van der Waals surface area (Å²) in [6.45, 7) is 1.49. The molecule has 6 unspecified atom stereocenters. The molecule has 0 N–H and O–H groups in total. The number of hydrogen-bond acceptors (Lipinski definition) is 5. The van der Waals surface area contributed by atoms with Gasteiger partial charge in [-0.15, -0.1) is 0 Å². The predicted octanol–water partition coefficient (Wildman–Crippen LogP) is 0.362.